The maximum atomic E-state index is 5.21. The molecular formula is C30H56N4OS. The van der Waals surface area contributed by atoms with Gasteiger partial charge in [0.2, 0.25) is 0 Å². The third-order valence-corrected chi connectivity index (χ3v) is 6.19. The summed E-state index contributed by atoms with van der Waals surface area (Å²) in [7, 11) is 0. The predicted octanol–water partition coefficient (Wildman–Crippen LogP) is 7.48. The van der Waals surface area contributed by atoms with Gasteiger partial charge in [0.05, 0.1) is 18.2 Å². The quantitative estimate of drug-likeness (QED) is 0.418. The van der Waals surface area contributed by atoms with Crippen LogP contribution in [-0.4, -0.2) is 71.7 Å². The minimum Gasteiger partial charge on any atom is -0.379 e. The van der Waals surface area contributed by atoms with Gasteiger partial charge in [-0.05, 0) is 63.7 Å². The number of ether oxygens (including phenoxy) is 1. The summed E-state index contributed by atoms with van der Waals surface area (Å²) in [4.78, 5) is 12.9. The molecule has 2 aliphatic rings. The van der Waals surface area contributed by atoms with E-state index in [-0.39, 0.29) is 0 Å². The maximum Gasteiger partial charge on any atom is 0.0950 e. The Kier molecular flexibility index (Phi) is 22.0. The van der Waals surface area contributed by atoms with Crippen molar-refractivity contribution >= 4 is 11.3 Å². The SMILES string of the molecule is CC(C)C.CC(C)CN1CCCC1.CC(C)N1CCOCC1.CC(C)c1nccs1.c1ccncc1. The standard InChI is InChI=1S/C8H17N.C7H15NO.C6H9NS.C5H5N.C4H10/c1-8(2)7-9-5-3-4-6-9;1-7(2)8-3-5-9-6-4-8;1-5(2)6-7-3-4-8-6;1-2-4-6-5-3-1;1-4(2)3/h8H,3-7H2,1-2H3;7H,3-6H2,1-2H3;3-5H,1-2H3;1-5H;4H,1-3H3. The van der Waals surface area contributed by atoms with E-state index < -0.39 is 0 Å². The summed E-state index contributed by atoms with van der Waals surface area (Å²) < 4.78 is 5.21. The van der Waals surface area contributed by atoms with Gasteiger partial charge in [0.1, 0.15) is 0 Å². The molecule has 2 aliphatic heterocycles. The molecule has 5 nitrogen and oxygen atoms in total. The average Bonchev–Trinajstić information content (AvgIpc) is 3.56. The molecule has 0 bridgehead atoms. The van der Waals surface area contributed by atoms with E-state index in [9.17, 15) is 0 Å². The molecule has 4 rings (SSSR count). The first-order valence-electron chi connectivity index (χ1n) is 13.9. The molecule has 0 N–H and O–H groups in total. The number of pyridine rings is 1. The molecule has 6 heteroatoms. The summed E-state index contributed by atoms with van der Waals surface area (Å²) in [6.07, 6.45) is 8.19. The molecule has 0 spiro atoms. The van der Waals surface area contributed by atoms with Crippen molar-refractivity contribution in [3.63, 3.8) is 0 Å². The van der Waals surface area contributed by atoms with Gasteiger partial charge in [-0.15, -0.1) is 11.3 Å². The topological polar surface area (TPSA) is 41.5 Å². The smallest absolute Gasteiger partial charge is 0.0950 e. The number of rotatable bonds is 4. The molecule has 0 unspecified atom stereocenters. The molecule has 0 atom stereocenters. The van der Waals surface area contributed by atoms with E-state index in [4.69, 9.17) is 4.74 Å². The lowest BCUT2D eigenvalue weighted by molar-refractivity contribution is 0.0238. The highest BCUT2D eigenvalue weighted by molar-refractivity contribution is 7.09. The normalized spacial score (nSPS) is 15.8. The van der Waals surface area contributed by atoms with Crippen LogP contribution in [0, 0.1) is 11.8 Å². The fourth-order valence-corrected chi connectivity index (χ4v) is 4.06. The Morgan fingerprint density at radius 1 is 0.806 bits per heavy atom. The van der Waals surface area contributed by atoms with Crippen LogP contribution in [0.1, 0.15) is 86.1 Å². The molecule has 36 heavy (non-hydrogen) atoms. The Hall–Kier alpha value is -1.34. The molecule has 2 saturated heterocycles. The summed E-state index contributed by atoms with van der Waals surface area (Å²) in [5.74, 6) is 2.28. The molecule has 0 amide bonds. The number of hydrogen-bond donors (Lipinski definition) is 0. The van der Waals surface area contributed by atoms with Crippen molar-refractivity contribution in [2.45, 2.75) is 87.1 Å². The Labute approximate surface area is 227 Å². The summed E-state index contributed by atoms with van der Waals surface area (Å²) in [5.41, 5.74) is 0. The average molecular weight is 521 g/mol. The van der Waals surface area contributed by atoms with E-state index in [0.29, 0.717) is 12.0 Å². The summed E-state index contributed by atoms with van der Waals surface area (Å²) in [6.45, 7) is 27.9. The first kappa shape index (κ1) is 34.7. The fraction of sp³-hybridized carbons (Fsp3) is 0.733. The Bertz CT molecular complexity index is 636. The van der Waals surface area contributed by atoms with Crippen LogP contribution in [0.2, 0.25) is 0 Å². The number of nitrogens with zero attached hydrogens (tertiary/aromatic N) is 4. The predicted molar refractivity (Wildman–Crippen MR) is 159 cm³/mol. The molecule has 2 fully saturated rings. The van der Waals surface area contributed by atoms with Crippen molar-refractivity contribution in [1.82, 2.24) is 19.8 Å². The highest BCUT2D eigenvalue weighted by Crippen LogP contribution is 2.15. The van der Waals surface area contributed by atoms with Crippen molar-refractivity contribution < 1.29 is 4.74 Å². The summed E-state index contributed by atoms with van der Waals surface area (Å²) in [5, 5.41) is 3.24. The van der Waals surface area contributed by atoms with Gasteiger partial charge >= 0.3 is 0 Å². The van der Waals surface area contributed by atoms with Gasteiger partial charge in [-0.1, -0.05) is 54.5 Å². The molecule has 208 valence electrons. The molecule has 4 heterocycles. The van der Waals surface area contributed by atoms with Crippen LogP contribution in [0.4, 0.5) is 0 Å². The van der Waals surface area contributed by atoms with Gasteiger partial charge < -0.3 is 9.64 Å². The fourth-order valence-electron chi connectivity index (χ4n) is 3.41. The Balaban J connectivity index is 0.000000436. The van der Waals surface area contributed by atoms with Crippen molar-refractivity contribution in [1.29, 1.82) is 0 Å². The van der Waals surface area contributed by atoms with Gasteiger partial charge in [0.25, 0.3) is 0 Å². The van der Waals surface area contributed by atoms with Crippen LogP contribution in [-0.2, 0) is 4.74 Å². The van der Waals surface area contributed by atoms with Crippen LogP contribution in [0.3, 0.4) is 0 Å². The van der Waals surface area contributed by atoms with Crippen LogP contribution < -0.4 is 0 Å². The lowest BCUT2D eigenvalue weighted by atomic mass is 10.2. The zero-order valence-electron chi connectivity index (χ0n) is 24.8. The van der Waals surface area contributed by atoms with Crippen LogP contribution in [0.25, 0.3) is 0 Å². The molecule has 2 aromatic heterocycles. The molecule has 0 aromatic carbocycles. The molecule has 0 radical (unpaired) electrons. The molecule has 0 aliphatic carbocycles. The van der Waals surface area contributed by atoms with Crippen molar-refractivity contribution in [3.8, 4) is 0 Å². The van der Waals surface area contributed by atoms with Gasteiger partial charge in [-0.3, -0.25) is 9.88 Å². The second kappa shape index (κ2) is 22.8. The number of aromatic nitrogens is 2. The largest absolute Gasteiger partial charge is 0.379 e. The summed E-state index contributed by atoms with van der Waals surface area (Å²) >= 11 is 1.72. The lowest BCUT2D eigenvalue weighted by Gasteiger charge is -2.29. The van der Waals surface area contributed by atoms with E-state index in [2.05, 4.69) is 82.1 Å². The van der Waals surface area contributed by atoms with Crippen molar-refractivity contribution in [3.05, 3.63) is 47.2 Å². The Morgan fingerprint density at radius 2 is 1.36 bits per heavy atom. The minimum atomic E-state index is 0.593. The van der Waals surface area contributed by atoms with Crippen molar-refractivity contribution in [2.75, 3.05) is 45.9 Å². The third-order valence-electron chi connectivity index (χ3n) is 5.11. The number of thiazole rings is 1. The number of likely N-dealkylation sites (tertiary alicyclic amines) is 1. The highest BCUT2D eigenvalue weighted by atomic mass is 32.1. The molecule has 0 saturated carbocycles. The van der Waals surface area contributed by atoms with Crippen molar-refractivity contribution in [2.24, 2.45) is 11.8 Å². The minimum absolute atomic E-state index is 0.593. The Morgan fingerprint density at radius 3 is 1.64 bits per heavy atom. The third kappa shape index (κ3) is 21.9. The monoisotopic (exact) mass is 520 g/mol. The van der Waals surface area contributed by atoms with Crippen LogP contribution in [0.15, 0.2) is 42.2 Å². The van der Waals surface area contributed by atoms with Gasteiger partial charge in [0, 0.05) is 55.6 Å². The zero-order chi connectivity index (χ0) is 27.2. The lowest BCUT2D eigenvalue weighted by Crippen LogP contribution is -2.40. The summed E-state index contributed by atoms with van der Waals surface area (Å²) in [6, 6.07) is 6.40. The van der Waals surface area contributed by atoms with E-state index in [1.807, 2.05) is 29.8 Å². The van der Waals surface area contributed by atoms with E-state index >= 15 is 0 Å². The van der Waals surface area contributed by atoms with E-state index in [0.717, 1.165) is 38.1 Å². The van der Waals surface area contributed by atoms with E-state index in [1.54, 1.807) is 23.7 Å². The molecule has 2 aromatic rings. The van der Waals surface area contributed by atoms with Crippen LogP contribution >= 0.6 is 11.3 Å². The van der Waals surface area contributed by atoms with E-state index in [1.165, 1.54) is 37.5 Å². The second-order valence-corrected chi connectivity index (χ2v) is 11.9. The first-order valence-corrected chi connectivity index (χ1v) is 14.8. The second-order valence-electron chi connectivity index (χ2n) is 10.9. The maximum absolute atomic E-state index is 5.21. The molecular weight excluding hydrogens is 464 g/mol. The number of morpholine rings is 1. The van der Waals surface area contributed by atoms with Gasteiger partial charge in [-0.25, -0.2) is 4.98 Å². The van der Waals surface area contributed by atoms with Gasteiger partial charge in [0.15, 0.2) is 0 Å². The first-order chi connectivity index (χ1) is 17.1. The number of hydrogen-bond acceptors (Lipinski definition) is 6. The zero-order valence-corrected chi connectivity index (χ0v) is 25.6. The van der Waals surface area contributed by atoms with Crippen LogP contribution in [0.5, 0.6) is 0 Å². The highest BCUT2D eigenvalue weighted by Gasteiger charge is 2.12. The van der Waals surface area contributed by atoms with Gasteiger partial charge in [-0.2, -0.15) is 0 Å².